The Labute approximate surface area is 124 Å². The minimum Gasteiger partial charge on any atom is -0.354 e. The fourth-order valence-electron chi connectivity index (χ4n) is 2.63. The highest BCUT2D eigenvalue weighted by Crippen LogP contribution is 2.37. The van der Waals surface area contributed by atoms with Crippen LogP contribution in [0.1, 0.15) is 45.6 Å². The lowest BCUT2D eigenvalue weighted by molar-refractivity contribution is 0.288. The Morgan fingerprint density at radius 1 is 1.20 bits per heavy atom. The average molecular weight is 275 g/mol. The largest absolute Gasteiger partial charge is 0.354 e. The quantitative estimate of drug-likeness (QED) is 0.840. The molecule has 3 heteroatoms. The van der Waals surface area contributed by atoms with Crippen LogP contribution in [-0.4, -0.2) is 43.1 Å². The second-order valence-corrected chi connectivity index (χ2v) is 6.80. The van der Waals surface area contributed by atoms with Gasteiger partial charge in [-0.05, 0) is 30.0 Å². The molecule has 20 heavy (non-hydrogen) atoms. The van der Waals surface area contributed by atoms with Crippen LogP contribution in [0, 0.1) is 5.41 Å². The van der Waals surface area contributed by atoms with Gasteiger partial charge in [-0.25, -0.2) is 4.98 Å². The molecule has 1 saturated heterocycles. The second-order valence-electron chi connectivity index (χ2n) is 6.80. The molecule has 1 aliphatic rings. The molecule has 1 aromatic rings. The highest BCUT2D eigenvalue weighted by Gasteiger charge is 2.25. The second kappa shape index (κ2) is 6.13. The Bertz CT molecular complexity index is 416. The topological polar surface area (TPSA) is 19.4 Å². The third-order valence-corrected chi connectivity index (χ3v) is 5.18. The van der Waals surface area contributed by atoms with Gasteiger partial charge in [-0.2, -0.15) is 0 Å². The lowest BCUT2D eigenvalue weighted by atomic mass is 9.75. The highest BCUT2D eigenvalue weighted by atomic mass is 15.3. The Morgan fingerprint density at radius 3 is 2.35 bits per heavy atom. The van der Waals surface area contributed by atoms with Crippen molar-refractivity contribution in [1.29, 1.82) is 0 Å². The van der Waals surface area contributed by atoms with Gasteiger partial charge in [0.2, 0.25) is 0 Å². The zero-order chi connectivity index (χ0) is 14.8. The first kappa shape index (κ1) is 15.3. The molecule has 112 valence electrons. The third kappa shape index (κ3) is 3.32. The van der Waals surface area contributed by atoms with E-state index in [1.807, 2.05) is 0 Å². The number of piperazine rings is 1. The molecule has 0 amide bonds. The van der Waals surface area contributed by atoms with Crippen LogP contribution in [0.15, 0.2) is 18.3 Å². The number of nitrogens with zero attached hydrogens (tertiary/aromatic N) is 3. The van der Waals surface area contributed by atoms with Gasteiger partial charge >= 0.3 is 0 Å². The van der Waals surface area contributed by atoms with E-state index in [1.165, 1.54) is 12.0 Å². The standard InChI is InChI=1S/C17H29N3/c1-6-17(3,4)14(2)15-7-8-16(18-13-15)20-11-9-19(5)10-12-20/h7-8,13-14H,6,9-12H2,1-5H3/t14-/m0/s1. The molecule has 0 unspecified atom stereocenters. The summed E-state index contributed by atoms with van der Waals surface area (Å²) in [5.41, 5.74) is 1.69. The maximum Gasteiger partial charge on any atom is 0.128 e. The van der Waals surface area contributed by atoms with E-state index in [0.717, 1.165) is 32.0 Å². The van der Waals surface area contributed by atoms with Crippen molar-refractivity contribution in [3.05, 3.63) is 23.9 Å². The smallest absolute Gasteiger partial charge is 0.128 e. The van der Waals surface area contributed by atoms with Crippen molar-refractivity contribution in [2.75, 3.05) is 38.1 Å². The lowest BCUT2D eigenvalue weighted by Crippen LogP contribution is -2.44. The van der Waals surface area contributed by atoms with Crippen LogP contribution >= 0.6 is 0 Å². The number of anilines is 1. The Balaban J connectivity index is 2.06. The van der Waals surface area contributed by atoms with Crippen molar-refractivity contribution >= 4 is 5.82 Å². The van der Waals surface area contributed by atoms with E-state index in [-0.39, 0.29) is 0 Å². The van der Waals surface area contributed by atoms with Gasteiger partial charge in [-0.3, -0.25) is 0 Å². The van der Waals surface area contributed by atoms with Gasteiger partial charge in [0.15, 0.2) is 0 Å². The number of aromatic nitrogens is 1. The number of likely N-dealkylation sites (N-methyl/N-ethyl adjacent to an activating group) is 1. The monoisotopic (exact) mass is 275 g/mol. The van der Waals surface area contributed by atoms with Crippen molar-refractivity contribution in [2.24, 2.45) is 5.41 Å². The van der Waals surface area contributed by atoms with Crippen molar-refractivity contribution < 1.29 is 0 Å². The van der Waals surface area contributed by atoms with Crippen LogP contribution in [0.5, 0.6) is 0 Å². The van der Waals surface area contributed by atoms with Crippen LogP contribution in [-0.2, 0) is 0 Å². The summed E-state index contributed by atoms with van der Waals surface area (Å²) in [5, 5.41) is 0. The van der Waals surface area contributed by atoms with E-state index < -0.39 is 0 Å². The van der Waals surface area contributed by atoms with Gasteiger partial charge in [-0.15, -0.1) is 0 Å². The van der Waals surface area contributed by atoms with Crippen LogP contribution in [0.3, 0.4) is 0 Å². The number of hydrogen-bond acceptors (Lipinski definition) is 3. The van der Waals surface area contributed by atoms with Crippen LogP contribution in [0.25, 0.3) is 0 Å². The summed E-state index contributed by atoms with van der Waals surface area (Å²) in [6.07, 6.45) is 3.27. The van der Waals surface area contributed by atoms with Gasteiger partial charge in [0.05, 0.1) is 0 Å². The van der Waals surface area contributed by atoms with E-state index in [9.17, 15) is 0 Å². The number of pyridine rings is 1. The zero-order valence-corrected chi connectivity index (χ0v) is 13.7. The van der Waals surface area contributed by atoms with Gasteiger partial charge in [0, 0.05) is 32.4 Å². The van der Waals surface area contributed by atoms with Crippen LogP contribution < -0.4 is 4.90 Å². The first-order chi connectivity index (χ1) is 9.44. The van der Waals surface area contributed by atoms with Crippen molar-refractivity contribution in [3.8, 4) is 0 Å². The van der Waals surface area contributed by atoms with Crippen LogP contribution in [0.2, 0.25) is 0 Å². The van der Waals surface area contributed by atoms with Crippen LogP contribution in [0.4, 0.5) is 5.82 Å². The normalized spacial score (nSPS) is 19.1. The Morgan fingerprint density at radius 2 is 1.85 bits per heavy atom. The summed E-state index contributed by atoms with van der Waals surface area (Å²) in [5.74, 6) is 1.67. The Kier molecular flexibility index (Phi) is 4.69. The average Bonchev–Trinajstić information content (AvgIpc) is 2.47. The fourth-order valence-corrected chi connectivity index (χ4v) is 2.63. The predicted octanol–water partition coefficient (Wildman–Crippen LogP) is 3.37. The molecule has 0 aliphatic carbocycles. The van der Waals surface area contributed by atoms with Gasteiger partial charge in [-0.1, -0.05) is 40.2 Å². The molecule has 1 aliphatic heterocycles. The molecule has 0 saturated carbocycles. The molecular formula is C17H29N3. The summed E-state index contributed by atoms with van der Waals surface area (Å²) in [4.78, 5) is 9.46. The molecule has 1 aromatic heterocycles. The predicted molar refractivity (Wildman–Crippen MR) is 86.4 cm³/mol. The molecule has 0 radical (unpaired) electrons. The Hall–Kier alpha value is -1.09. The maximum atomic E-state index is 4.70. The highest BCUT2D eigenvalue weighted by molar-refractivity contribution is 5.40. The van der Waals surface area contributed by atoms with Gasteiger partial charge < -0.3 is 9.80 Å². The van der Waals surface area contributed by atoms with E-state index in [4.69, 9.17) is 4.98 Å². The minimum absolute atomic E-state index is 0.330. The zero-order valence-electron chi connectivity index (χ0n) is 13.7. The fraction of sp³-hybridized carbons (Fsp3) is 0.706. The summed E-state index contributed by atoms with van der Waals surface area (Å²) >= 11 is 0. The van der Waals surface area contributed by atoms with Gasteiger partial charge in [0.25, 0.3) is 0 Å². The first-order valence-corrected chi connectivity index (χ1v) is 7.83. The summed E-state index contributed by atoms with van der Waals surface area (Å²) in [6, 6.07) is 4.46. The molecule has 0 spiro atoms. The number of hydrogen-bond donors (Lipinski definition) is 0. The summed E-state index contributed by atoms with van der Waals surface area (Å²) < 4.78 is 0. The molecule has 0 N–H and O–H groups in total. The van der Waals surface area contributed by atoms with Crippen molar-refractivity contribution in [2.45, 2.75) is 40.0 Å². The number of rotatable bonds is 4. The maximum absolute atomic E-state index is 4.70. The van der Waals surface area contributed by atoms with E-state index >= 15 is 0 Å². The molecule has 1 atom stereocenters. The molecule has 2 rings (SSSR count). The van der Waals surface area contributed by atoms with Crippen molar-refractivity contribution in [3.63, 3.8) is 0 Å². The van der Waals surface area contributed by atoms with E-state index in [2.05, 4.69) is 62.9 Å². The molecule has 3 nitrogen and oxygen atoms in total. The first-order valence-electron chi connectivity index (χ1n) is 7.83. The SMILES string of the molecule is CCC(C)(C)[C@@H](C)c1ccc(N2CCN(C)CC2)nc1. The van der Waals surface area contributed by atoms with Crippen molar-refractivity contribution in [1.82, 2.24) is 9.88 Å². The lowest BCUT2D eigenvalue weighted by Gasteiger charge is -2.34. The summed E-state index contributed by atoms with van der Waals surface area (Å²) in [7, 11) is 2.18. The molecule has 0 aromatic carbocycles. The molecular weight excluding hydrogens is 246 g/mol. The van der Waals surface area contributed by atoms with Gasteiger partial charge in [0.1, 0.15) is 5.82 Å². The molecule has 2 heterocycles. The minimum atomic E-state index is 0.330. The van der Waals surface area contributed by atoms with E-state index in [1.54, 1.807) is 0 Å². The molecule has 1 fully saturated rings. The van der Waals surface area contributed by atoms with E-state index in [0.29, 0.717) is 11.3 Å². The third-order valence-electron chi connectivity index (χ3n) is 5.18. The summed E-state index contributed by atoms with van der Waals surface area (Å²) in [6.45, 7) is 13.7. The molecule has 0 bridgehead atoms.